The zero-order valence-corrected chi connectivity index (χ0v) is 12.5. The summed E-state index contributed by atoms with van der Waals surface area (Å²) >= 11 is 0. The lowest BCUT2D eigenvalue weighted by molar-refractivity contribution is -0.154. The van der Waals surface area contributed by atoms with Crippen molar-refractivity contribution in [2.24, 2.45) is 7.05 Å². The number of nitrogens with zero attached hydrogens (tertiary/aromatic N) is 3. The fourth-order valence-corrected chi connectivity index (χ4v) is 1.83. The first kappa shape index (κ1) is 16.8. The normalized spacial score (nSPS) is 11.3. The molecule has 0 aliphatic rings. The van der Waals surface area contributed by atoms with E-state index in [-0.39, 0.29) is 18.3 Å². The van der Waals surface area contributed by atoms with Crippen LogP contribution in [-0.2, 0) is 13.6 Å². The molecule has 1 N–H and O–H groups in total. The molecule has 124 valence electrons. The quantitative estimate of drug-likeness (QED) is 0.911. The molecule has 2 rings (SSSR count). The predicted octanol–water partition coefficient (Wildman–Crippen LogP) is 1.99. The van der Waals surface area contributed by atoms with Crippen LogP contribution in [0.3, 0.4) is 0 Å². The van der Waals surface area contributed by atoms with Crippen molar-refractivity contribution in [2.75, 3.05) is 6.61 Å². The van der Waals surface area contributed by atoms with E-state index in [1.54, 1.807) is 24.7 Å². The number of rotatable bonds is 5. The molecule has 0 radical (unpaired) electrons. The molecule has 2 heterocycles. The number of ether oxygens (including phenoxy) is 1. The standard InChI is InChI=1S/C14H15F3N4O2/c1-9-11(7-20-21(9)2)12(22)19-6-10-4-3-5-18-13(10)23-8-14(15,16)17/h3-5,7H,6,8H2,1-2H3,(H,19,22). The topological polar surface area (TPSA) is 69.0 Å². The van der Waals surface area contributed by atoms with E-state index >= 15 is 0 Å². The van der Waals surface area contributed by atoms with Crippen LogP contribution in [-0.4, -0.2) is 33.5 Å². The zero-order chi connectivity index (χ0) is 17.0. The molecule has 9 heteroatoms. The largest absolute Gasteiger partial charge is 0.468 e. The Labute approximate surface area is 130 Å². The van der Waals surface area contributed by atoms with Crippen LogP contribution in [0, 0.1) is 6.92 Å². The van der Waals surface area contributed by atoms with Crippen molar-refractivity contribution < 1.29 is 22.7 Å². The minimum atomic E-state index is -4.45. The van der Waals surface area contributed by atoms with Crippen molar-refractivity contribution in [3.8, 4) is 5.88 Å². The van der Waals surface area contributed by atoms with Crippen LogP contribution in [0.2, 0.25) is 0 Å². The van der Waals surface area contributed by atoms with Gasteiger partial charge in [0.1, 0.15) is 0 Å². The van der Waals surface area contributed by atoms with Gasteiger partial charge >= 0.3 is 6.18 Å². The molecule has 0 saturated heterocycles. The highest BCUT2D eigenvalue weighted by Crippen LogP contribution is 2.20. The maximum atomic E-state index is 12.2. The number of amides is 1. The van der Waals surface area contributed by atoms with Crippen molar-refractivity contribution in [1.29, 1.82) is 0 Å². The lowest BCUT2D eigenvalue weighted by atomic mass is 10.2. The molecular weight excluding hydrogens is 313 g/mol. The maximum absolute atomic E-state index is 12.2. The molecular formula is C14H15F3N4O2. The third-order valence-corrected chi connectivity index (χ3v) is 3.14. The van der Waals surface area contributed by atoms with E-state index in [1.807, 2.05) is 0 Å². The highest BCUT2D eigenvalue weighted by molar-refractivity contribution is 5.94. The summed E-state index contributed by atoms with van der Waals surface area (Å²) in [5, 5.41) is 6.57. The summed E-state index contributed by atoms with van der Waals surface area (Å²) in [6.45, 7) is 0.296. The fourth-order valence-electron chi connectivity index (χ4n) is 1.83. The molecule has 6 nitrogen and oxygen atoms in total. The smallest absolute Gasteiger partial charge is 0.422 e. The van der Waals surface area contributed by atoms with Crippen LogP contribution in [0.1, 0.15) is 21.6 Å². The van der Waals surface area contributed by atoms with Gasteiger partial charge in [0.2, 0.25) is 5.88 Å². The van der Waals surface area contributed by atoms with E-state index < -0.39 is 12.8 Å². The third kappa shape index (κ3) is 4.44. The van der Waals surface area contributed by atoms with Crippen molar-refractivity contribution in [2.45, 2.75) is 19.6 Å². The van der Waals surface area contributed by atoms with E-state index in [9.17, 15) is 18.0 Å². The van der Waals surface area contributed by atoms with Gasteiger partial charge in [0.05, 0.1) is 11.8 Å². The van der Waals surface area contributed by atoms with Gasteiger partial charge in [-0.05, 0) is 13.0 Å². The molecule has 0 spiro atoms. The molecule has 0 saturated carbocycles. The van der Waals surface area contributed by atoms with Gasteiger partial charge in [-0.15, -0.1) is 0 Å². The molecule has 0 aliphatic heterocycles. The molecule has 1 amide bonds. The number of alkyl halides is 3. The number of pyridine rings is 1. The van der Waals surface area contributed by atoms with Crippen LogP contribution >= 0.6 is 0 Å². The first-order valence-electron chi connectivity index (χ1n) is 6.68. The fraction of sp³-hybridized carbons (Fsp3) is 0.357. The SMILES string of the molecule is Cc1c(C(=O)NCc2cccnc2OCC(F)(F)F)cnn1C. The molecule has 0 unspecified atom stereocenters. The molecule has 2 aromatic rings. The Hall–Kier alpha value is -2.58. The molecule has 0 fully saturated rings. The molecule has 23 heavy (non-hydrogen) atoms. The van der Waals surface area contributed by atoms with Gasteiger partial charge in [0, 0.05) is 31.0 Å². The highest BCUT2D eigenvalue weighted by Gasteiger charge is 2.29. The molecule has 0 atom stereocenters. The zero-order valence-electron chi connectivity index (χ0n) is 12.5. The van der Waals surface area contributed by atoms with Crippen LogP contribution in [0.4, 0.5) is 13.2 Å². The lowest BCUT2D eigenvalue weighted by Gasteiger charge is -2.12. The summed E-state index contributed by atoms with van der Waals surface area (Å²) in [6, 6.07) is 3.09. The van der Waals surface area contributed by atoms with E-state index in [1.165, 1.54) is 18.5 Å². The minimum absolute atomic E-state index is 0.00576. The van der Waals surface area contributed by atoms with Gasteiger partial charge in [-0.3, -0.25) is 9.48 Å². The summed E-state index contributed by atoms with van der Waals surface area (Å²) in [5.74, 6) is -0.533. The Morgan fingerprint density at radius 1 is 1.43 bits per heavy atom. The van der Waals surface area contributed by atoms with Gasteiger partial charge in [-0.1, -0.05) is 6.07 Å². The summed E-state index contributed by atoms with van der Waals surface area (Å²) in [5.41, 5.74) is 1.43. The maximum Gasteiger partial charge on any atom is 0.422 e. The van der Waals surface area contributed by atoms with E-state index in [0.29, 0.717) is 16.8 Å². The number of aryl methyl sites for hydroxylation is 1. The van der Waals surface area contributed by atoms with Crippen molar-refractivity contribution in [1.82, 2.24) is 20.1 Å². The first-order valence-corrected chi connectivity index (χ1v) is 6.68. The van der Waals surface area contributed by atoms with Crippen molar-refractivity contribution in [3.63, 3.8) is 0 Å². The number of carbonyl (C=O) groups excluding carboxylic acids is 1. The Bertz CT molecular complexity index is 698. The summed E-state index contributed by atoms with van der Waals surface area (Å²) in [4.78, 5) is 15.8. The Balaban J connectivity index is 2.03. The Morgan fingerprint density at radius 3 is 2.78 bits per heavy atom. The van der Waals surface area contributed by atoms with Crippen LogP contribution in [0.15, 0.2) is 24.5 Å². The Kier molecular flexibility index (Phi) is 4.87. The average molecular weight is 328 g/mol. The number of hydrogen-bond donors (Lipinski definition) is 1. The van der Waals surface area contributed by atoms with Crippen molar-refractivity contribution >= 4 is 5.91 Å². The molecule has 2 aromatic heterocycles. The first-order chi connectivity index (χ1) is 10.8. The van der Waals surface area contributed by atoms with Gasteiger partial charge < -0.3 is 10.1 Å². The number of aromatic nitrogens is 3. The average Bonchev–Trinajstić information content (AvgIpc) is 2.82. The van der Waals surface area contributed by atoms with Crippen LogP contribution in [0.5, 0.6) is 5.88 Å². The third-order valence-electron chi connectivity index (χ3n) is 3.14. The highest BCUT2D eigenvalue weighted by atomic mass is 19.4. The predicted molar refractivity (Wildman–Crippen MR) is 74.9 cm³/mol. The van der Waals surface area contributed by atoms with Gasteiger partial charge in [-0.2, -0.15) is 18.3 Å². The lowest BCUT2D eigenvalue weighted by Crippen LogP contribution is -2.25. The number of halogens is 3. The summed E-state index contributed by atoms with van der Waals surface area (Å²) in [6.07, 6.45) is -1.71. The van der Waals surface area contributed by atoms with E-state index in [4.69, 9.17) is 0 Å². The van der Waals surface area contributed by atoms with E-state index in [2.05, 4.69) is 20.1 Å². The second-order valence-corrected chi connectivity index (χ2v) is 4.82. The second-order valence-electron chi connectivity index (χ2n) is 4.82. The van der Waals surface area contributed by atoms with E-state index in [0.717, 1.165) is 0 Å². The summed E-state index contributed by atoms with van der Waals surface area (Å²) < 4.78 is 42.9. The minimum Gasteiger partial charge on any atom is -0.468 e. The molecule has 0 aliphatic carbocycles. The number of nitrogens with one attached hydrogen (secondary N) is 1. The number of hydrogen-bond acceptors (Lipinski definition) is 4. The number of carbonyl (C=O) groups is 1. The van der Waals surface area contributed by atoms with Crippen molar-refractivity contribution in [3.05, 3.63) is 41.3 Å². The molecule has 0 bridgehead atoms. The summed E-state index contributed by atoms with van der Waals surface area (Å²) in [7, 11) is 1.70. The van der Waals surface area contributed by atoms with Gasteiger partial charge in [-0.25, -0.2) is 4.98 Å². The van der Waals surface area contributed by atoms with Gasteiger partial charge in [0.15, 0.2) is 6.61 Å². The van der Waals surface area contributed by atoms with Crippen LogP contribution in [0.25, 0.3) is 0 Å². The van der Waals surface area contributed by atoms with Gasteiger partial charge in [0.25, 0.3) is 5.91 Å². The van der Waals surface area contributed by atoms with Crippen LogP contribution < -0.4 is 10.1 Å². The molecule has 0 aromatic carbocycles. The second kappa shape index (κ2) is 6.67. The monoisotopic (exact) mass is 328 g/mol. The Morgan fingerprint density at radius 2 is 2.17 bits per heavy atom.